The van der Waals surface area contributed by atoms with E-state index in [1.807, 2.05) is 18.9 Å². The van der Waals surface area contributed by atoms with Crippen molar-refractivity contribution >= 4 is 0 Å². The molecule has 15 heavy (non-hydrogen) atoms. The van der Waals surface area contributed by atoms with Crippen LogP contribution in [0.3, 0.4) is 0 Å². The van der Waals surface area contributed by atoms with Crippen molar-refractivity contribution < 1.29 is 24.8 Å². The second-order valence-electron chi connectivity index (χ2n) is 4.26. The van der Waals surface area contributed by atoms with Crippen molar-refractivity contribution in [2.75, 3.05) is 20.2 Å². The van der Waals surface area contributed by atoms with E-state index >= 15 is 0 Å². The van der Waals surface area contributed by atoms with Gasteiger partial charge in [-0.3, -0.25) is 4.90 Å². The van der Waals surface area contributed by atoms with Crippen molar-refractivity contribution in [3.8, 4) is 0 Å². The van der Waals surface area contributed by atoms with Crippen LogP contribution < -0.4 is 0 Å². The van der Waals surface area contributed by atoms with Crippen LogP contribution in [0.15, 0.2) is 0 Å². The minimum absolute atomic E-state index is 0.0290. The van der Waals surface area contributed by atoms with Gasteiger partial charge in [-0.25, -0.2) is 0 Å². The molecule has 2 aliphatic rings. The molecule has 0 aromatic carbocycles. The monoisotopic (exact) mass is 219 g/mol. The Kier molecular flexibility index (Phi) is 2.74. The van der Waals surface area contributed by atoms with Crippen molar-refractivity contribution in [2.45, 2.75) is 37.3 Å². The molecule has 3 N–H and O–H groups in total. The lowest BCUT2D eigenvalue weighted by molar-refractivity contribution is -0.324. The van der Waals surface area contributed by atoms with Crippen molar-refractivity contribution in [1.82, 2.24) is 4.90 Å². The van der Waals surface area contributed by atoms with Gasteiger partial charge in [-0.2, -0.15) is 0 Å². The molecule has 2 aliphatic heterocycles. The standard InChI is InChI=1S/C9H17NO5/c1-5-10(2)4-9(15-5)8(13)7(12)6(11)3-14-9/h5-8,11-13H,3-4H2,1-2H3. The predicted octanol–water partition coefficient (Wildman–Crippen LogP) is -1.90. The number of ether oxygens (including phenoxy) is 2. The fraction of sp³-hybridized carbons (Fsp3) is 1.00. The van der Waals surface area contributed by atoms with Crippen LogP contribution in [0.2, 0.25) is 0 Å². The van der Waals surface area contributed by atoms with E-state index in [2.05, 4.69) is 0 Å². The number of rotatable bonds is 0. The summed E-state index contributed by atoms with van der Waals surface area (Å²) in [6.07, 6.45) is -3.69. The normalized spacial score (nSPS) is 52.6. The highest BCUT2D eigenvalue weighted by atomic mass is 16.7. The van der Waals surface area contributed by atoms with Crippen LogP contribution in [0, 0.1) is 0 Å². The average molecular weight is 219 g/mol. The lowest BCUT2D eigenvalue weighted by Gasteiger charge is -2.41. The van der Waals surface area contributed by atoms with Gasteiger partial charge >= 0.3 is 0 Å². The Morgan fingerprint density at radius 1 is 1.33 bits per heavy atom. The lowest BCUT2D eigenvalue weighted by Crippen LogP contribution is -2.62. The van der Waals surface area contributed by atoms with E-state index < -0.39 is 24.1 Å². The van der Waals surface area contributed by atoms with E-state index in [0.717, 1.165) is 0 Å². The molecule has 6 heteroatoms. The topological polar surface area (TPSA) is 82.4 Å². The summed E-state index contributed by atoms with van der Waals surface area (Å²) in [4.78, 5) is 1.87. The number of aliphatic hydroxyl groups excluding tert-OH is 3. The molecule has 0 amide bonds. The molecule has 0 aromatic rings. The van der Waals surface area contributed by atoms with Gasteiger partial charge in [0.05, 0.1) is 13.2 Å². The Hall–Kier alpha value is -0.240. The second-order valence-corrected chi connectivity index (χ2v) is 4.26. The fourth-order valence-electron chi connectivity index (χ4n) is 2.02. The van der Waals surface area contributed by atoms with Gasteiger partial charge in [0, 0.05) is 0 Å². The first kappa shape index (κ1) is 11.3. The van der Waals surface area contributed by atoms with Crippen molar-refractivity contribution in [2.24, 2.45) is 0 Å². The molecular formula is C9H17NO5. The maximum absolute atomic E-state index is 9.85. The van der Waals surface area contributed by atoms with Gasteiger partial charge in [0.2, 0.25) is 5.79 Å². The van der Waals surface area contributed by atoms with Gasteiger partial charge in [-0.1, -0.05) is 0 Å². The first-order valence-corrected chi connectivity index (χ1v) is 5.02. The van der Waals surface area contributed by atoms with Gasteiger partial charge in [-0.05, 0) is 14.0 Å². The zero-order valence-corrected chi connectivity index (χ0v) is 8.83. The SMILES string of the molecule is CC1OC2(CN1C)OCC(O)C(O)C2O. The third-order valence-corrected chi connectivity index (χ3v) is 3.13. The van der Waals surface area contributed by atoms with E-state index in [4.69, 9.17) is 9.47 Å². The second kappa shape index (κ2) is 3.65. The Morgan fingerprint density at radius 3 is 2.53 bits per heavy atom. The largest absolute Gasteiger partial charge is 0.388 e. The number of likely N-dealkylation sites (N-methyl/N-ethyl adjacent to an activating group) is 1. The van der Waals surface area contributed by atoms with E-state index in [-0.39, 0.29) is 12.8 Å². The molecule has 5 atom stereocenters. The molecule has 6 nitrogen and oxygen atoms in total. The van der Waals surface area contributed by atoms with Crippen molar-refractivity contribution in [1.29, 1.82) is 0 Å². The average Bonchev–Trinajstić information content (AvgIpc) is 2.48. The molecular weight excluding hydrogens is 202 g/mol. The van der Waals surface area contributed by atoms with E-state index in [1.54, 1.807) is 0 Å². The lowest BCUT2D eigenvalue weighted by atomic mass is 9.97. The number of hydrogen-bond donors (Lipinski definition) is 3. The summed E-state index contributed by atoms with van der Waals surface area (Å²) in [5, 5.41) is 28.7. The van der Waals surface area contributed by atoms with Crippen molar-refractivity contribution in [3.63, 3.8) is 0 Å². The maximum atomic E-state index is 9.85. The Bertz CT molecular complexity index is 239. The molecule has 2 fully saturated rings. The van der Waals surface area contributed by atoms with Crippen LogP contribution >= 0.6 is 0 Å². The molecule has 0 radical (unpaired) electrons. The zero-order valence-electron chi connectivity index (χ0n) is 8.83. The first-order valence-electron chi connectivity index (χ1n) is 5.02. The fourth-order valence-corrected chi connectivity index (χ4v) is 2.02. The summed E-state index contributed by atoms with van der Waals surface area (Å²) >= 11 is 0. The molecule has 0 aliphatic carbocycles. The summed E-state index contributed by atoms with van der Waals surface area (Å²) < 4.78 is 10.9. The minimum Gasteiger partial charge on any atom is -0.388 e. The van der Waals surface area contributed by atoms with Crippen LogP contribution in [0.1, 0.15) is 6.92 Å². The van der Waals surface area contributed by atoms with E-state index in [9.17, 15) is 15.3 Å². The minimum atomic E-state index is -1.23. The zero-order chi connectivity index (χ0) is 11.2. The number of aliphatic hydroxyl groups is 3. The Balaban J connectivity index is 2.16. The highest BCUT2D eigenvalue weighted by Gasteiger charge is 2.55. The highest BCUT2D eigenvalue weighted by Crippen LogP contribution is 2.34. The van der Waals surface area contributed by atoms with Crippen LogP contribution in [-0.2, 0) is 9.47 Å². The first-order chi connectivity index (χ1) is 6.96. The highest BCUT2D eigenvalue weighted by molar-refractivity contribution is 4.97. The molecule has 0 aromatic heterocycles. The summed E-state index contributed by atoms with van der Waals surface area (Å²) in [6.45, 7) is 2.18. The maximum Gasteiger partial charge on any atom is 0.212 e. The van der Waals surface area contributed by atoms with Gasteiger partial charge < -0.3 is 24.8 Å². The molecule has 2 saturated heterocycles. The smallest absolute Gasteiger partial charge is 0.212 e. The predicted molar refractivity (Wildman–Crippen MR) is 49.9 cm³/mol. The Morgan fingerprint density at radius 2 is 2.00 bits per heavy atom. The van der Waals surface area contributed by atoms with Gasteiger partial charge in [-0.15, -0.1) is 0 Å². The van der Waals surface area contributed by atoms with Gasteiger partial charge in [0.25, 0.3) is 0 Å². The molecule has 2 rings (SSSR count). The third kappa shape index (κ3) is 1.67. The quantitative estimate of drug-likeness (QED) is 0.441. The van der Waals surface area contributed by atoms with Crippen LogP contribution in [-0.4, -0.2) is 70.7 Å². The van der Waals surface area contributed by atoms with Crippen LogP contribution in [0.25, 0.3) is 0 Å². The number of hydrogen-bond acceptors (Lipinski definition) is 6. The Labute approximate surface area is 88.0 Å². The van der Waals surface area contributed by atoms with Crippen molar-refractivity contribution in [3.05, 3.63) is 0 Å². The van der Waals surface area contributed by atoms with Gasteiger partial charge in [0.15, 0.2) is 0 Å². The van der Waals surface area contributed by atoms with Gasteiger partial charge in [0.1, 0.15) is 24.5 Å². The van der Waals surface area contributed by atoms with Crippen LogP contribution in [0.5, 0.6) is 0 Å². The third-order valence-electron chi connectivity index (χ3n) is 3.13. The van der Waals surface area contributed by atoms with E-state index in [1.165, 1.54) is 0 Å². The summed E-state index contributed by atoms with van der Waals surface area (Å²) in [7, 11) is 1.84. The van der Waals surface area contributed by atoms with Crippen LogP contribution in [0.4, 0.5) is 0 Å². The number of nitrogens with zero attached hydrogens (tertiary/aromatic N) is 1. The molecule has 5 unspecified atom stereocenters. The summed E-state index contributed by atoms with van der Waals surface area (Å²) in [6, 6.07) is 0. The molecule has 0 saturated carbocycles. The molecule has 88 valence electrons. The molecule has 2 heterocycles. The summed E-state index contributed by atoms with van der Waals surface area (Å²) in [5.41, 5.74) is 0. The van der Waals surface area contributed by atoms with E-state index in [0.29, 0.717) is 6.54 Å². The summed E-state index contributed by atoms with van der Waals surface area (Å²) in [5.74, 6) is -1.20. The molecule has 0 bridgehead atoms. The molecule has 1 spiro atoms.